The van der Waals surface area contributed by atoms with E-state index in [4.69, 9.17) is 5.11 Å². The fourth-order valence-electron chi connectivity index (χ4n) is 2.03. The van der Waals surface area contributed by atoms with Gasteiger partial charge in [0, 0.05) is 24.9 Å². The molecule has 0 atom stereocenters. The summed E-state index contributed by atoms with van der Waals surface area (Å²) in [6.45, 7) is 0.443. The van der Waals surface area contributed by atoms with Gasteiger partial charge in [-0.1, -0.05) is 12.1 Å². The maximum atomic E-state index is 12.0. The number of likely N-dealkylation sites (tertiary alicyclic amines) is 1. The van der Waals surface area contributed by atoms with Crippen molar-refractivity contribution in [1.29, 1.82) is 0 Å². The zero-order valence-electron chi connectivity index (χ0n) is 10.9. The van der Waals surface area contributed by atoms with E-state index in [1.807, 2.05) is 0 Å². The summed E-state index contributed by atoms with van der Waals surface area (Å²) in [4.78, 5) is 24.1. The number of rotatable bonds is 4. The second-order valence-corrected chi connectivity index (χ2v) is 7.15. The Labute approximate surface area is 116 Å². The number of amides is 1. The van der Waals surface area contributed by atoms with Gasteiger partial charge in [0.05, 0.1) is 11.7 Å². The molecule has 1 saturated heterocycles. The molecule has 108 valence electrons. The molecule has 1 N–H and O–H groups in total. The van der Waals surface area contributed by atoms with Crippen LogP contribution in [-0.4, -0.2) is 49.6 Å². The second-order valence-electron chi connectivity index (χ2n) is 5.01. The third kappa shape index (κ3) is 3.36. The third-order valence-corrected chi connectivity index (χ3v) is 4.01. The smallest absolute Gasteiger partial charge is 0.310 e. The predicted octanol–water partition coefficient (Wildman–Crippen LogP) is 0.388. The molecule has 0 saturated carbocycles. The van der Waals surface area contributed by atoms with Crippen LogP contribution >= 0.6 is 0 Å². The van der Waals surface area contributed by atoms with Crippen molar-refractivity contribution in [1.82, 2.24) is 4.90 Å². The molecule has 0 spiro atoms. The predicted molar refractivity (Wildman–Crippen MR) is 72.0 cm³/mol. The Morgan fingerprint density at radius 1 is 1.25 bits per heavy atom. The molecule has 0 bridgehead atoms. The molecule has 7 heteroatoms. The largest absolute Gasteiger partial charge is 0.481 e. The lowest BCUT2D eigenvalue weighted by atomic mass is 9.99. The molecule has 0 aromatic heterocycles. The van der Waals surface area contributed by atoms with E-state index in [-0.39, 0.29) is 24.7 Å². The number of carbonyl (C=O) groups is 2. The maximum Gasteiger partial charge on any atom is 0.310 e. The monoisotopic (exact) mass is 297 g/mol. The van der Waals surface area contributed by atoms with Gasteiger partial charge in [-0.15, -0.1) is 0 Å². The second kappa shape index (κ2) is 5.24. The molecule has 0 aliphatic carbocycles. The van der Waals surface area contributed by atoms with Crippen LogP contribution in [0.2, 0.25) is 0 Å². The minimum atomic E-state index is -3.10. The van der Waals surface area contributed by atoms with Gasteiger partial charge in [0.25, 0.3) is 5.91 Å². The lowest BCUT2D eigenvalue weighted by Gasteiger charge is -2.36. The molecule has 1 amide bonds. The zero-order chi connectivity index (χ0) is 14.9. The van der Waals surface area contributed by atoms with Gasteiger partial charge in [-0.25, -0.2) is 8.42 Å². The lowest BCUT2D eigenvalue weighted by Crippen LogP contribution is -2.53. The highest BCUT2D eigenvalue weighted by Crippen LogP contribution is 2.19. The van der Waals surface area contributed by atoms with Crippen LogP contribution in [0.3, 0.4) is 0 Å². The molecule has 1 aromatic rings. The number of hydrogen-bond acceptors (Lipinski definition) is 4. The van der Waals surface area contributed by atoms with Crippen LogP contribution in [0, 0.1) is 5.92 Å². The Bertz CT molecular complexity index is 629. The summed E-state index contributed by atoms with van der Waals surface area (Å²) in [6.07, 6.45) is 1.15. The summed E-state index contributed by atoms with van der Waals surface area (Å²) in [7, 11) is -3.10. The number of carboxylic acids is 1. The van der Waals surface area contributed by atoms with E-state index in [1.54, 1.807) is 24.3 Å². The quantitative estimate of drug-likeness (QED) is 0.868. The normalized spacial score (nSPS) is 15.8. The van der Waals surface area contributed by atoms with Crippen molar-refractivity contribution >= 4 is 21.7 Å². The van der Waals surface area contributed by atoms with Crippen LogP contribution in [0.25, 0.3) is 0 Å². The number of benzene rings is 1. The van der Waals surface area contributed by atoms with Crippen molar-refractivity contribution in [3.8, 4) is 0 Å². The average molecular weight is 297 g/mol. The van der Waals surface area contributed by atoms with Crippen LogP contribution in [0.4, 0.5) is 0 Å². The van der Waals surface area contributed by atoms with Gasteiger partial charge in [0.1, 0.15) is 0 Å². The minimum Gasteiger partial charge on any atom is -0.481 e. The van der Waals surface area contributed by atoms with Crippen LogP contribution in [0.5, 0.6) is 0 Å². The highest BCUT2D eigenvalue weighted by molar-refractivity contribution is 7.89. The first-order chi connectivity index (χ1) is 9.26. The van der Waals surface area contributed by atoms with Crippen LogP contribution < -0.4 is 0 Å². The molecule has 0 unspecified atom stereocenters. The number of nitrogens with zero attached hydrogens (tertiary/aromatic N) is 1. The summed E-state index contributed by atoms with van der Waals surface area (Å²) in [6, 6.07) is 6.33. The van der Waals surface area contributed by atoms with E-state index in [9.17, 15) is 18.0 Å². The van der Waals surface area contributed by atoms with Crippen molar-refractivity contribution in [2.75, 3.05) is 19.3 Å². The van der Waals surface area contributed by atoms with Crippen molar-refractivity contribution in [3.05, 3.63) is 35.4 Å². The van der Waals surface area contributed by atoms with Gasteiger partial charge >= 0.3 is 5.97 Å². The van der Waals surface area contributed by atoms with Crippen molar-refractivity contribution in [3.63, 3.8) is 0 Å². The fraction of sp³-hybridized carbons (Fsp3) is 0.385. The van der Waals surface area contributed by atoms with Gasteiger partial charge in [0.15, 0.2) is 9.84 Å². The molecule has 0 radical (unpaired) electrons. The molecular weight excluding hydrogens is 282 g/mol. The Kier molecular flexibility index (Phi) is 3.80. The van der Waals surface area contributed by atoms with Crippen molar-refractivity contribution in [2.24, 2.45) is 5.92 Å². The standard InChI is InChI=1S/C13H15NO5S/c1-20(18,19)8-9-2-4-10(5-3-9)12(15)14-6-11(7-14)13(16)17/h2-5,11H,6-8H2,1H3,(H,16,17). The molecule has 1 aliphatic rings. The molecule has 6 nitrogen and oxygen atoms in total. The van der Waals surface area contributed by atoms with E-state index in [0.29, 0.717) is 11.1 Å². The summed E-state index contributed by atoms with van der Waals surface area (Å²) in [5, 5.41) is 8.75. The highest BCUT2D eigenvalue weighted by Gasteiger charge is 2.35. The number of sulfone groups is 1. The summed E-state index contributed by atoms with van der Waals surface area (Å²) >= 11 is 0. The van der Waals surface area contributed by atoms with Crippen LogP contribution in [0.15, 0.2) is 24.3 Å². The molecule has 1 fully saturated rings. The lowest BCUT2D eigenvalue weighted by molar-refractivity contribution is -0.146. The molecule has 1 aliphatic heterocycles. The SMILES string of the molecule is CS(=O)(=O)Cc1ccc(C(=O)N2CC(C(=O)O)C2)cc1. The van der Waals surface area contributed by atoms with E-state index in [2.05, 4.69) is 0 Å². The van der Waals surface area contributed by atoms with Gasteiger partial charge < -0.3 is 10.0 Å². The van der Waals surface area contributed by atoms with Gasteiger partial charge in [0.2, 0.25) is 0 Å². The summed E-state index contributed by atoms with van der Waals surface area (Å²) < 4.78 is 22.3. The Balaban J connectivity index is 2.00. The van der Waals surface area contributed by atoms with Gasteiger partial charge in [-0.3, -0.25) is 9.59 Å². The molecule has 1 aromatic carbocycles. The average Bonchev–Trinajstić information content (AvgIpc) is 2.24. The van der Waals surface area contributed by atoms with Crippen LogP contribution in [0.1, 0.15) is 15.9 Å². The molecular formula is C13H15NO5S. The maximum absolute atomic E-state index is 12.0. The Morgan fingerprint density at radius 2 is 1.80 bits per heavy atom. The number of carbonyl (C=O) groups excluding carboxylic acids is 1. The van der Waals surface area contributed by atoms with E-state index < -0.39 is 21.7 Å². The van der Waals surface area contributed by atoms with E-state index in [0.717, 1.165) is 6.26 Å². The third-order valence-electron chi connectivity index (χ3n) is 3.15. The van der Waals surface area contributed by atoms with Crippen molar-refractivity contribution < 1.29 is 23.1 Å². The van der Waals surface area contributed by atoms with Gasteiger partial charge in [-0.2, -0.15) is 0 Å². The number of carboxylic acid groups (broad SMARTS) is 1. The molecule has 2 rings (SSSR count). The number of aliphatic carboxylic acids is 1. The fourth-order valence-corrected chi connectivity index (χ4v) is 2.83. The molecule has 20 heavy (non-hydrogen) atoms. The first-order valence-corrected chi connectivity index (χ1v) is 8.11. The Morgan fingerprint density at radius 3 is 2.25 bits per heavy atom. The zero-order valence-corrected chi connectivity index (χ0v) is 11.8. The van der Waals surface area contributed by atoms with Crippen LogP contribution in [-0.2, 0) is 20.4 Å². The molecule has 1 heterocycles. The Hall–Kier alpha value is -1.89. The van der Waals surface area contributed by atoms with Crippen molar-refractivity contribution in [2.45, 2.75) is 5.75 Å². The van der Waals surface area contributed by atoms with E-state index in [1.165, 1.54) is 4.90 Å². The number of hydrogen-bond donors (Lipinski definition) is 1. The first-order valence-electron chi connectivity index (χ1n) is 6.05. The van der Waals surface area contributed by atoms with Gasteiger partial charge in [-0.05, 0) is 17.7 Å². The summed E-state index contributed by atoms with van der Waals surface area (Å²) in [5.41, 5.74) is 1.06. The van der Waals surface area contributed by atoms with E-state index >= 15 is 0 Å². The topological polar surface area (TPSA) is 91.8 Å². The summed E-state index contributed by atoms with van der Waals surface area (Å²) in [5.74, 6) is -1.67. The highest BCUT2D eigenvalue weighted by atomic mass is 32.2. The first kappa shape index (κ1) is 14.5. The minimum absolute atomic E-state index is 0.0632.